The number of nitrogens with zero attached hydrogens (tertiary/aromatic N) is 2. The van der Waals surface area contributed by atoms with E-state index in [1.807, 2.05) is 30.7 Å². The first kappa shape index (κ1) is 18.4. The van der Waals surface area contributed by atoms with Gasteiger partial charge in [0, 0.05) is 12.1 Å². The first-order valence-corrected chi connectivity index (χ1v) is 10.1. The van der Waals surface area contributed by atoms with Gasteiger partial charge in [0.15, 0.2) is 0 Å². The molecule has 0 aliphatic heterocycles. The lowest BCUT2D eigenvalue weighted by Gasteiger charge is -2.37. The minimum absolute atomic E-state index is 0.0104. The zero-order valence-corrected chi connectivity index (χ0v) is 16.4. The average Bonchev–Trinajstić information content (AvgIpc) is 3.47. The Morgan fingerprint density at radius 1 is 0.833 bits per heavy atom. The van der Waals surface area contributed by atoms with Crippen LogP contribution < -0.4 is 0 Å². The van der Waals surface area contributed by atoms with Gasteiger partial charge in [0.2, 0.25) is 0 Å². The van der Waals surface area contributed by atoms with Gasteiger partial charge in [-0.3, -0.25) is 4.79 Å². The van der Waals surface area contributed by atoms with Crippen LogP contribution in [0, 0.1) is 5.92 Å². The molecule has 1 aromatic heterocycles. The molecular weight excluding hydrogens is 372 g/mol. The zero-order chi connectivity index (χ0) is 20.6. The number of hydrogen-bond donors (Lipinski definition) is 1. The molecule has 4 aromatic rings. The predicted molar refractivity (Wildman–Crippen MR) is 115 cm³/mol. The van der Waals surface area contributed by atoms with E-state index in [1.165, 1.54) is 0 Å². The molecule has 0 saturated heterocycles. The zero-order valence-electron chi connectivity index (χ0n) is 16.4. The number of aromatic nitrogens is 2. The van der Waals surface area contributed by atoms with Crippen LogP contribution in [0.4, 0.5) is 0 Å². The average molecular weight is 394 g/mol. The van der Waals surface area contributed by atoms with E-state index in [9.17, 15) is 9.90 Å². The van der Waals surface area contributed by atoms with E-state index in [0.29, 0.717) is 6.42 Å². The van der Waals surface area contributed by atoms with Gasteiger partial charge in [0.05, 0.1) is 17.9 Å². The molecular formula is C26H22N2O2. The second-order valence-corrected chi connectivity index (χ2v) is 7.80. The van der Waals surface area contributed by atoms with Gasteiger partial charge in [0.25, 0.3) is 0 Å². The fourth-order valence-corrected chi connectivity index (χ4v) is 4.49. The monoisotopic (exact) mass is 394 g/mol. The molecule has 0 spiro atoms. The number of imidazole rings is 1. The SMILES string of the molecule is O=C(O)C1CC1c1cn(C(c2ccccc2)(c2ccccc2)c2ccccc2)cn1. The Hall–Kier alpha value is -3.66. The minimum Gasteiger partial charge on any atom is -0.481 e. The van der Waals surface area contributed by atoms with Gasteiger partial charge >= 0.3 is 5.97 Å². The van der Waals surface area contributed by atoms with E-state index in [2.05, 4.69) is 82.3 Å². The highest BCUT2D eigenvalue weighted by Crippen LogP contribution is 2.48. The Morgan fingerprint density at radius 2 is 1.30 bits per heavy atom. The molecule has 2 atom stereocenters. The van der Waals surface area contributed by atoms with Crippen molar-refractivity contribution in [3.8, 4) is 0 Å². The van der Waals surface area contributed by atoms with Crippen molar-refractivity contribution in [1.82, 2.24) is 9.55 Å². The molecule has 1 aliphatic carbocycles. The quantitative estimate of drug-likeness (QED) is 0.473. The molecule has 30 heavy (non-hydrogen) atoms. The summed E-state index contributed by atoms with van der Waals surface area (Å²) in [6, 6.07) is 31.2. The van der Waals surface area contributed by atoms with Crippen molar-refractivity contribution in [3.63, 3.8) is 0 Å². The number of rotatable bonds is 6. The molecule has 0 amide bonds. The van der Waals surface area contributed by atoms with E-state index in [-0.39, 0.29) is 11.8 Å². The topological polar surface area (TPSA) is 55.1 Å². The van der Waals surface area contributed by atoms with Crippen molar-refractivity contribution in [2.24, 2.45) is 5.92 Å². The molecule has 4 heteroatoms. The number of hydrogen-bond acceptors (Lipinski definition) is 2. The molecule has 1 fully saturated rings. The van der Waals surface area contributed by atoms with Gasteiger partial charge in [-0.2, -0.15) is 0 Å². The number of carboxylic acids is 1. The molecule has 1 heterocycles. The Morgan fingerprint density at radius 3 is 1.70 bits per heavy atom. The van der Waals surface area contributed by atoms with Gasteiger partial charge in [-0.1, -0.05) is 91.0 Å². The fourth-order valence-electron chi connectivity index (χ4n) is 4.49. The minimum atomic E-state index is -0.741. The van der Waals surface area contributed by atoms with Gasteiger partial charge in [0.1, 0.15) is 5.54 Å². The highest BCUT2D eigenvalue weighted by molar-refractivity contribution is 5.75. The third-order valence-corrected chi connectivity index (χ3v) is 6.05. The first-order valence-electron chi connectivity index (χ1n) is 10.1. The highest BCUT2D eigenvalue weighted by Gasteiger charge is 2.46. The number of benzene rings is 3. The third-order valence-electron chi connectivity index (χ3n) is 6.05. The van der Waals surface area contributed by atoms with Crippen LogP contribution in [0.5, 0.6) is 0 Å². The first-order chi connectivity index (χ1) is 14.7. The van der Waals surface area contributed by atoms with Crippen LogP contribution in [-0.2, 0) is 10.3 Å². The van der Waals surface area contributed by atoms with Crippen molar-refractivity contribution in [1.29, 1.82) is 0 Å². The lowest BCUT2D eigenvalue weighted by atomic mass is 9.77. The summed E-state index contributed by atoms with van der Waals surface area (Å²) in [5, 5.41) is 9.35. The molecule has 0 bridgehead atoms. The Labute approximate surface area is 175 Å². The summed E-state index contributed by atoms with van der Waals surface area (Å²) in [6.45, 7) is 0. The number of carboxylic acid groups (broad SMARTS) is 1. The maximum atomic E-state index is 11.4. The Bertz CT molecular complexity index is 1060. The van der Waals surface area contributed by atoms with Crippen LogP contribution in [0.25, 0.3) is 0 Å². The smallest absolute Gasteiger partial charge is 0.307 e. The maximum Gasteiger partial charge on any atom is 0.307 e. The third kappa shape index (κ3) is 2.92. The highest BCUT2D eigenvalue weighted by atomic mass is 16.4. The van der Waals surface area contributed by atoms with Crippen LogP contribution in [0.1, 0.15) is 34.7 Å². The lowest BCUT2D eigenvalue weighted by Crippen LogP contribution is -2.36. The van der Waals surface area contributed by atoms with Gasteiger partial charge < -0.3 is 9.67 Å². The second-order valence-electron chi connectivity index (χ2n) is 7.80. The van der Waals surface area contributed by atoms with Crippen molar-refractivity contribution in [3.05, 3.63) is 126 Å². The molecule has 148 valence electrons. The van der Waals surface area contributed by atoms with Crippen molar-refractivity contribution in [2.75, 3.05) is 0 Å². The van der Waals surface area contributed by atoms with Gasteiger partial charge in [-0.15, -0.1) is 0 Å². The van der Waals surface area contributed by atoms with Crippen molar-refractivity contribution in [2.45, 2.75) is 17.9 Å². The van der Waals surface area contributed by atoms with E-state index in [1.54, 1.807) is 0 Å². The molecule has 1 N–H and O–H groups in total. The van der Waals surface area contributed by atoms with Crippen LogP contribution in [0.15, 0.2) is 104 Å². The summed E-state index contributed by atoms with van der Waals surface area (Å²) in [6.07, 6.45) is 4.53. The summed E-state index contributed by atoms with van der Waals surface area (Å²) in [4.78, 5) is 16.0. The van der Waals surface area contributed by atoms with Crippen LogP contribution >= 0.6 is 0 Å². The standard InChI is InChI=1S/C26H22N2O2/c29-25(30)23-16-22(23)24-17-28(18-27-24)26(19-10-4-1-5-11-19,20-12-6-2-7-13-20)21-14-8-3-9-15-21/h1-15,17-18,22-23H,16H2,(H,29,30). The maximum absolute atomic E-state index is 11.4. The molecule has 5 rings (SSSR count). The molecule has 2 unspecified atom stereocenters. The summed E-state index contributed by atoms with van der Waals surface area (Å²) < 4.78 is 2.14. The van der Waals surface area contributed by atoms with E-state index in [4.69, 9.17) is 0 Å². The van der Waals surface area contributed by atoms with E-state index < -0.39 is 11.5 Å². The molecule has 1 aliphatic rings. The second kappa shape index (κ2) is 7.30. The number of carbonyl (C=O) groups is 1. The summed E-state index contributed by atoms with van der Waals surface area (Å²) in [5.74, 6) is -1.08. The molecule has 0 radical (unpaired) electrons. The fraction of sp³-hybridized carbons (Fsp3) is 0.154. The normalized spacial score (nSPS) is 18.1. The summed E-state index contributed by atoms with van der Waals surface area (Å²) in [5.41, 5.74) is 3.60. The van der Waals surface area contributed by atoms with Gasteiger partial charge in [-0.25, -0.2) is 4.98 Å². The van der Waals surface area contributed by atoms with Crippen LogP contribution in [-0.4, -0.2) is 20.6 Å². The van der Waals surface area contributed by atoms with E-state index >= 15 is 0 Å². The summed E-state index contributed by atoms with van der Waals surface area (Å²) >= 11 is 0. The number of aliphatic carboxylic acids is 1. The molecule has 1 saturated carbocycles. The molecule has 3 aromatic carbocycles. The van der Waals surface area contributed by atoms with Crippen molar-refractivity contribution >= 4 is 5.97 Å². The van der Waals surface area contributed by atoms with Crippen molar-refractivity contribution < 1.29 is 9.90 Å². The Kier molecular flexibility index (Phi) is 4.47. The van der Waals surface area contributed by atoms with Crippen LogP contribution in [0.3, 0.4) is 0 Å². The lowest BCUT2D eigenvalue weighted by molar-refractivity contribution is -0.138. The Balaban J connectivity index is 1.75. The predicted octanol–water partition coefficient (Wildman–Crippen LogP) is 4.91. The largest absolute Gasteiger partial charge is 0.481 e. The van der Waals surface area contributed by atoms with Crippen LogP contribution in [0.2, 0.25) is 0 Å². The summed E-state index contributed by atoms with van der Waals surface area (Å²) in [7, 11) is 0. The molecule has 4 nitrogen and oxygen atoms in total. The van der Waals surface area contributed by atoms with E-state index in [0.717, 1.165) is 22.4 Å². The van der Waals surface area contributed by atoms with Gasteiger partial charge in [-0.05, 0) is 23.1 Å².